The monoisotopic (exact) mass is 453 g/mol. The van der Waals surface area contributed by atoms with Crippen LogP contribution in [-0.4, -0.2) is 34.0 Å². The van der Waals surface area contributed by atoms with E-state index < -0.39 is 10.0 Å². The molecule has 1 heterocycles. The van der Waals surface area contributed by atoms with Crippen molar-refractivity contribution in [2.75, 3.05) is 30.3 Å². The third-order valence-electron chi connectivity index (χ3n) is 4.53. The lowest BCUT2D eigenvalue weighted by molar-refractivity contribution is 0.0496. The van der Waals surface area contributed by atoms with Crippen LogP contribution < -0.4 is 9.46 Å². The van der Waals surface area contributed by atoms with Crippen molar-refractivity contribution in [3.05, 3.63) is 58.6 Å². The van der Waals surface area contributed by atoms with Crippen molar-refractivity contribution in [1.82, 2.24) is 0 Å². The Hall–Kier alpha value is -1.57. The molecule has 0 amide bonds. The first-order valence-corrected chi connectivity index (χ1v) is 11.5. The third kappa shape index (κ3) is 6.52. The average molecular weight is 454 g/mol. The van der Waals surface area contributed by atoms with E-state index in [0.29, 0.717) is 24.6 Å². The first kappa shape index (κ1) is 20.2. The minimum absolute atomic E-state index is 0.00282. The van der Waals surface area contributed by atoms with E-state index >= 15 is 0 Å². The minimum atomic E-state index is -3.43. The summed E-state index contributed by atoms with van der Waals surface area (Å²) in [5.74, 6) is 1.22. The van der Waals surface area contributed by atoms with Gasteiger partial charge in [0.1, 0.15) is 5.75 Å². The predicted molar refractivity (Wildman–Crippen MR) is 111 cm³/mol. The Morgan fingerprint density at radius 3 is 2.59 bits per heavy atom. The molecule has 0 saturated carbocycles. The zero-order valence-corrected chi connectivity index (χ0v) is 17.5. The second-order valence-electron chi connectivity index (χ2n) is 6.66. The van der Waals surface area contributed by atoms with E-state index in [1.807, 2.05) is 24.3 Å². The molecular formula is C20H24BrNO4S. The van der Waals surface area contributed by atoms with E-state index in [4.69, 9.17) is 9.47 Å². The van der Waals surface area contributed by atoms with Gasteiger partial charge in [-0.25, -0.2) is 8.42 Å². The first-order valence-electron chi connectivity index (χ1n) is 9.06. The van der Waals surface area contributed by atoms with E-state index in [2.05, 4.69) is 20.7 Å². The van der Waals surface area contributed by atoms with E-state index in [1.165, 1.54) is 0 Å². The molecule has 3 rings (SSSR count). The van der Waals surface area contributed by atoms with E-state index in [0.717, 1.165) is 41.8 Å². The Morgan fingerprint density at radius 2 is 1.85 bits per heavy atom. The molecule has 146 valence electrons. The smallest absolute Gasteiger partial charge is 0.233 e. The summed E-state index contributed by atoms with van der Waals surface area (Å²) in [5, 5.41) is 0. The molecular weight excluding hydrogens is 430 g/mol. The Balaban J connectivity index is 1.61. The van der Waals surface area contributed by atoms with Crippen molar-refractivity contribution in [2.45, 2.75) is 19.3 Å². The third-order valence-corrected chi connectivity index (χ3v) is 6.31. The van der Waals surface area contributed by atoms with E-state index in [1.54, 1.807) is 24.3 Å². The molecule has 7 heteroatoms. The molecule has 1 aliphatic heterocycles. The number of ether oxygens (including phenoxy) is 2. The molecule has 0 unspecified atom stereocenters. The quantitative estimate of drug-likeness (QED) is 0.648. The summed E-state index contributed by atoms with van der Waals surface area (Å²) in [6, 6.07) is 14.7. The lowest BCUT2D eigenvalue weighted by Gasteiger charge is -2.23. The summed E-state index contributed by atoms with van der Waals surface area (Å²) in [4.78, 5) is 0. The number of nitrogens with one attached hydrogen (secondary N) is 1. The van der Waals surface area contributed by atoms with E-state index in [-0.39, 0.29) is 5.75 Å². The first-order chi connectivity index (χ1) is 13.0. The Bertz CT molecular complexity index is 836. The average Bonchev–Trinajstić information content (AvgIpc) is 2.67. The van der Waals surface area contributed by atoms with Crippen LogP contribution in [0.4, 0.5) is 5.69 Å². The highest BCUT2D eigenvalue weighted by Crippen LogP contribution is 2.26. The highest BCUT2D eigenvalue weighted by molar-refractivity contribution is 9.10. The molecule has 0 aromatic heterocycles. The van der Waals surface area contributed by atoms with Crippen LogP contribution >= 0.6 is 15.9 Å². The van der Waals surface area contributed by atoms with Crippen LogP contribution in [0.2, 0.25) is 0 Å². The predicted octanol–water partition coefficient (Wildman–Crippen LogP) is 4.24. The second kappa shape index (κ2) is 9.57. The number of para-hydroxylation sites is 1. The van der Waals surface area contributed by atoms with Gasteiger partial charge < -0.3 is 9.47 Å². The van der Waals surface area contributed by atoms with Gasteiger partial charge in [0.15, 0.2) is 0 Å². The van der Waals surface area contributed by atoms with Crippen molar-refractivity contribution >= 4 is 31.6 Å². The molecule has 1 N–H and O–H groups in total. The topological polar surface area (TPSA) is 64.6 Å². The molecule has 1 aliphatic rings. The summed E-state index contributed by atoms with van der Waals surface area (Å²) in [7, 11) is -3.43. The number of hydrogen-bond acceptors (Lipinski definition) is 4. The van der Waals surface area contributed by atoms with Gasteiger partial charge in [-0.1, -0.05) is 40.2 Å². The fourth-order valence-electron chi connectivity index (χ4n) is 2.97. The molecule has 27 heavy (non-hydrogen) atoms. The largest absolute Gasteiger partial charge is 0.493 e. The lowest BCUT2D eigenvalue weighted by Crippen LogP contribution is -2.22. The molecule has 2 aromatic rings. The molecule has 0 spiro atoms. The van der Waals surface area contributed by atoms with Crippen molar-refractivity contribution in [1.29, 1.82) is 0 Å². The lowest BCUT2D eigenvalue weighted by atomic mass is 10.0. The van der Waals surface area contributed by atoms with Crippen LogP contribution in [0.5, 0.6) is 5.75 Å². The number of rotatable bonds is 8. The molecule has 0 radical (unpaired) electrons. The number of sulfonamides is 1. The van der Waals surface area contributed by atoms with Gasteiger partial charge in [0.25, 0.3) is 0 Å². The van der Waals surface area contributed by atoms with Gasteiger partial charge >= 0.3 is 0 Å². The minimum Gasteiger partial charge on any atom is -0.493 e. The second-order valence-corrected chi connectivity index (χ2v) is 9.41. The van der Waals surface area contributed by atoms with Gasteiger partial charge in [0, 0.05) is 23.4 Å². The van der Waals surface area contributed by atoms with Gasteiger partial charge in [0.2, 0.25) is 10.0 Å². The van der Waals surface area contributed by atoms with Crippen LogP contribution in [0, 0.1) is 5.92 Å². The highest BCUT2D eigenvalue weighted by atomic mass is 79.9. The zero-order valence-electron chi connectivity index (χ0n) is 15.1. The molecule has 0 atom stereocenters. The molecule has 2 aromatic carbocycles. The van der Waals surface area contributed by atoms with Crippen molar-refractivity contribution in [3.63, 3.8) is 0 Å². The Labute approximate surface area is 169 Å². The van der Waals surface area contributed by atoms with Gasteiger partial charge in [-0.15, -0.1) is 0 Å². The summed E-state index contributed by atoms with van der Waals surface area (Å²) in [6.07, 6.45) is 2.38. The molecule has 1 saturated heterocycles. The van der Waals surface area contributed by atoms with Crippen molar-refractivity contribution < 1.29 is 17.9 Å². The Kier molecular flexibility index (Phi) is 7.15. The highest BCUT2D eigenvalue weighted by Gasteiger charge is 2.17. The van der Waals surface area contributed by atoms with E-state index in [9.17, 15) is 8.42 Å². The van der Waals surface area contributed by atoms with Gasteiger partial charge in [0.05, 0.1) is 12.4 Å². The zero-order chi connectivity index (χ0) is 19.1. The molecule has 1 fully saturated rings. The Morgan fingerprint density at radius 1 is 1.11 bits per heavy atom. The summed E-state index contributed by atoms with van der Waals surface area (Å²) in [5.41, 5.74) is 1.47. The van der Waals surface area contributed by atoms with Gasteiger partial charge in [-0.2, -0.15) is 0 Å². The maximum atomic E-state index is 12.4. The van der Waals surface area contributed by atoms with Crippen LogP contribution in [0.1, 0.15) is 18.4 Å². The number of benzene rings is 2. The van der Waals surface area contributed by atoms with Crippen LogP contribution in [0.25, 0.3) is 0 Å². The number of halogens is 1. The molecule has 0 aliphatic carbocycles. The number of anilines is 1. The summed E-state index contributed by atoms with van der Waals surface area (Å²) >= 11 is 3.47. The molecule has 5 nitrogen and oxygen atoms in total. The fourth-order valence-corrected chi connectivity index (χ4v) is 4.40. The van der Waals surface area contributed by atoms with Crippen LogP contribution in [0.3, 0.4) is 0 Å². The SMILES string of the molecule is O=S(=O)(CCc1ccc(Br)cc1OCC1CCOCC1)Nc1ccccc1. The van der Waals surface area contributed by atoms with Crippen molar-refractivity contribution in [3.8, 4) is 5.75 Å². The number of hydrogen-bond donors (Lipinski definition) is 1. The standard InChI is InChI=1S/C20H24BrNO4S/c21-18-7-6-17(20(14-18)26-15-16-8-11-25-12-9-16)10-13-27(23,24)22-19-4-2-1-3-5-19/h1-7,14,16,22H,8-13,15H2. The summed E-state index contributed by atoms with van der Waals surface area (Å²) in [6.45, 7) is 2.19. The summed E-state index contributed by atoms with van der Waals surface area (Å²) < 4.78 is 39.7. The normalized spacial score (nSPS) is 15.4. The number of aryl methyl sites for hydroxylation is 1. The maximum Gasteiger partial charge on any atom is 0.233 e. The molecule has 0 bridgehead atoms. The van der Waals surface area contributed by atoms with Crippen molar-refractivity contribution in [2.24, 2.45) is 5.92 Å². The maximum absolute atomic E-state index is 12.4. The fraction of sp³-hybridized carbons (Fsp3) is 0.400. The van der Waals surface area contributed by atoms with Crippen LogP contribution in [-0.2, 0) is 21.2 Å². The van der Waals surface area contributed by atoms with Crippen LogP contribution in [0.15, 0.2) is 53.0 Å². The van der Waals surface area contributed by atoms with Gasteiger partial charge in [-0.05, 0) is 55.0 Å². The van der Waals surface area contributed by atoms with Gasteiger partial charge in [-0.3, -0.25) is 4.72 Å².